The van der Waals surface area contributed by atoms with E-state index < -0.39 is 27.3 Å². The quantitative estimate of drug-likeness (QED) is 0.845. The summed E-state index contributed by atoms with van der Waals surface area (Å²) in [4.78, 5) is 13.7. The summed E-state index contributed by atoms with van der Waals surface area (Å²) in [7, 11) is -4.06. The first-order valence-electron chi connectivity index (χ1n) is 8.02. The summed E-state index contributed by atoms with van der Waals surface area (Å²) in [6, 6.07) is 10.2. The molecule has 3 rings (SSSR count). The minimum Gasteiger partial charge on any atom is -0.383 e. The second kappa shape index (κ2) is 6.46. The van der Waals surface area contributed by atoms with E-state index in [-0.39, 0.29) is 23.5 Å². The van der Waals surface area contributed by atoms with Gasteiger partial charge in [-0.1, -0.05) is 24.3 Å². The van der Waals surface area contributed by atoms with Crippen LogP contribution in [0.2, 0.25) is 0 Å². The van der Waals surface area contributed by atoms with Gasteiger partial charge in [0.1, 0.15) is 11.4 Å². The Hall–Kier alpha value is -2.29. The molecule has 0 unspecified atom stereocenters. The predicted octanol–water partition coefficient (Wildman–Crippen LogP) is 1.52. The number of aryl methyl sites for hydroxylation is 1. The van der Waals surface area contributed by atoms with E-state index in [4.69, 9.17) is 5.14 Å². The van der Waals surface area contributed by atoms with Gasteiger partial charge in [-0.2, -0.15) is 0 Å². The van der Waals surface area contributed by atoms with E-state index in [0.717, 1.165) is 23.8 Å². The monoisotopic (exact) mass is 378 g/mol. The first-order valence-corrected chi connectivity index (χ1v) is 9.56. The van der Waals surface area contributed by atoms with E-state index in [2.05, 4.69) is 0 Å². The molecule has 1 saturated heterocycles. The third-order valence-electron chi connectivity index (χ3n) is 4.68. The van der Waals surface area contributed by atoms with Gasteiger partial charge in [0.05, 0.1) is 17.0 Å². The van der Waals surface area contributed by atoms with Gasteiger partial charge in [-0.3, -0.25) is 4.79 Å². The zero-order valence-corrected chi connectivity index (χ0v) is 15.0. The number of rotatable bonds is 3. The number of aliphatic hydroxyl groups is 1. The van der Waals surface area contributed by atoms with Crippen LogP contribution < -0.4 is 5.14 Å². The molecule has 26 heavy (non-hydrogen) atoms. The number of likely N-dealkylation sites (tertiary alicyclic amines) is 1. The van der Waals surface area contributed by atoms with Crippen LogP contribution in [-0.4, -0.2) is 37.4 Å². The Morgan fingerprint density at radius 3 is 2.62 bits per heavy atom. The average molecular weight is 378 g/mol. The van der Waals surface area contributed by atoms with Gasteiger partial charge in [0.15, 0.2) is 0 Å². The molecule has 0 aliphatic carbocycles. The van der Waals surface area contributed by atoms with E-state index in [1.807, 2.05) is 19.1 Å². The van der Waals surface area contributed by atoms with Gasteiger partial charge in [0.2, 0.25) is 10.0 Å². The van der Waals surface area contributed by atoms with Crippen LogP contribution in [-0.2, 0) is 15.6 Å². The number of benzene rings is 2. The Labute approximate surface area is 151 Å². The highest BCUT2D eigenvalue weighted by Crippen LogP contribution is 2.34. The van der Waals surface area contributed by atoms with Crippen LogP contribution in [0.5, 0.6) is 0 Å². The molecule has 0 radical (unpaired) electrons. The number of primary sulfonamides is 1. The number of halogens is 1. The summed E-state index contributed by atoms with van der Waals surface area (Å²) < 4.78 is 37.0. The Morgan fingerprint density at radius 2 is 1.96 bits per heavy atom. The molecular formula is C18H19FN2O4S. The number of nitrogens with two attached hydrogens (primary N) is 1. The summed E-state index contributed by atoms with van der Waals surface area (Å²) >= 11 is 0. The van der Waals surface area contributed by atoms with Crippen LogP contribution in [0.3, 0.4) is 0 Å². The second-order valence-corrected chi connectivity index (χ2v) is 8.07. The molecule has 1 atom stereocenters. The van der Waals surface area contributed by atoms with Gasteiger partial charge in [-0.25, -0.2) is 17.9 Å². The van der Waals surface area contributed by atoms with Crippen molar-refractivity contribution >= 4 is 15.9 Å². The van der Waals surface area contributed by atoms with E-state index >= 15 is 0 Å². The summed E-state index contributed by atoms with van der Waals surface area (Å²) in [5, 5.41) is 16.0. The largest absolute Gasteiger partial charge is 0.383 e. The topological polar surface area (TPSA) is 101 Å². The number of carbonyl (C=O) groups is 1. The van der Waals surface area contributed by atoms with Crippen LogP contribution in [0.25, 0.3) is 0 Å². The molecule has 1 amide bonds. The molecule has 138 valence electrons. The third-order valence-corrected chi connectivity index (χ3v) is 5.59. The number of amides is 1. The van der Waals surface area contributed by atoms with Gasteiger partial charge >= 0.3 is 0 Å². The summed E-state index contributed by atoms with van der Waals surface area (Å²) in [5.74, 6) is -1.52. The van der Waals surface area contributed by atoms with E-state index in [1.165, 1.54) is 4.90 Å². The maximum atomic E-state index is 14.1. The predicted molar refractivity (Wildman–Crippen MR) is 93.4 cm³/mol. The molecule has 2 aromatic carbocycles. The van der Waals surface area contributed by atoms with Gasteiger partial charge in [0.25, 0.3) is 5.91 Å². The van der Waals surface area contributed by atoms with Crippen molar-refractivity contribution in [3.05, 3.63) is 65.0 Å². The number of carbonyl (C=O) groups excluding carboxylic acids is 1. The van der Waals surface area contributed by atoms with Crippen LogP contribution >= 0.6 is 0 Å². The highest BCUT2D eigenvalue weighted by atomic mass is 32.2. The van der Waals surface area contributed by atoms with Crippen molar-refractivity contribution in [1.82, 2.24) is 4.90 Å². The molecule has 0 saturated carbocycles. The fourth-order valence-corrected chi connectivity index (χ4v) is 3.84. The lowest BCUT2D eigenvalue weighted by molar-refractivity contribution is 0.0411. The molecule has 1 aliphatic rings. The smallest absolute Gasteiger partial charge is 0.256 e. The number of β-amino-alcohol motifs (C(OH)–C–C–N with tert-alkyl or cyclic N) is 1. The summed E-state index contributed by atoms with van der Waals surface area (Å²) in [6.45, 7) is 2.09. The van der Waals surface area contributed by atoms with Crippen molar-refractivity contribution in [1.29, 1.82) is 0 Å². The minimum atomic E-state index is -4.06. The first-order chi connectivity index (χ1) is 12.1. The second-order valence-electron chi connectivity index (χ2n) is 6.51. The molecular weight excluding hydrogens is 359 g/mol. The lowest BCUT2D eigenvalue weighted by atomic mass is 9.89. The van der Waals surface area contributed by atoms with E-state index in [0.29, 0.717) is 12.0 Å². The van der Waals surface area contributed by atoms with Gasteiger partial charge in [0, 0.05) is 6.54 Å². The number of sulfonamides is 1. The van der Waals surface area contributed by atoms with Crippen LogP contribution in [0.1, 0.15) is 27.9 Å². The standard InChI is InChI=1S/C18H19FN2O4S/c1-12-4-2-3-5-15(12)18(23)8-9-21(11-18)17(22)14-10-13(26(20,24)25)6-7-16(14)19/h2-7,10,23H,8-9,11H2,1H3,(H2,20,24,25)/t18-/m0/s1. The molecule has 8 heteroatoms. The molecule has 2 aromatic rings. The van der Waals surface area contributed by atoms with E-state index in [9.17, 15) is 22.7 Å². The Morgan fingerprint density at radius 1 is 1.27 bits per heavy atom. The molecule has 0 bridgehead atoms. The zero-order chi connectivity index (χ0) is 19.1. The minimum absolute atomic E-state index is 0.00424. The van der Waals surface area contributed by atoms with Crippen LogP contribution in [0.15, 0.2) is 47.4 Å². The fourth-order valence-electron chi connectivity index (χ4n) is 3.30. The van der Waals surface area contributed by atoms with Crippen molar-refractivity contribution in [3.63, 3.8) is 0 Å². The molecule has 3 N–H and O–H groups in total. The molecule has 1 aliphatic heterocycles. The summed E-state index contributed by atoms with van der Waals surface area (Å²) in [6.07, 6.45) is 0.306. The number of nitrogens with zero attached hydrogens (tertiary/aromatic N) is 1. The maximum absolute atomic E-state index is 14.1. The van der Waals surface area contributed by atoms with Crippen molar-refractivity contribution in [2.24, 2.45) is 5.14 Å². The average Bonchev–Trinajstić information content (AvgIpc) is 2.97. The molecule has 1 fully saturated rings. The fraction of sp³-hybridized carbons (Fsp3) is 0.278. The highest BCUT2D eigenvalue weighted by molar-refractivity contribution is 7.89. The van der Waals surface area contributed by atoms with Gasteiger partial charge in [-0.15, -0.1) is 0 Å². The number of hydrogen-bond acceptors (Lipinski definition) is 4. The Balaban J connectivity index is 1.90. The zero-order valence-electron chi connectivity index (χ0n) is 14.1. The van der Waals surface area contributed by atoms with Crippen molar-refractivity contribution in [3.8, 4) is 0 Å². The molecule has 0 spiro atoms. The third kappa shape index (κ3) is 3.35. The van der Waals surface area contributed by atoms with Gasteiger partial charge in [-0.05, 0) is 42.7 Å². The number of hydrogen-bond donors (Lipinski definition) is 2. The molecule has 6 nitrogen and oxygen atoms in total. The maximum Gasteiger partial charge on any atom is 0.256 e. The van der Waals surface area contributed by atoms with Gasteiger partial charge < -0.3 is 10.0 Å². The van der Waals surface area contributed by atoms with E-state index in [1.54, 1.807) is 12.1 Å². The molecule has 1 heterocycles. The Kier molecular flexibility index (Phi) is 4.60. The van der Waals surface area contributed by atoms with Crippen molar-refractivity contribution in [2.75, 3.05) is 13.1 Å². The summed E-state index contributed by atoms with van der Waals surface area (Å²) in [5.41, 5.74) is 0.000924. The normalized spacial score (nSPS) is 20.4. The molecule has 0 aromatic heterocycles. The SMILES string of the molecule is Cc1ccccc1[C@]1(O)CCN(C(=O)c2cc(S(N)(=O)=O)ccc2F)C1. The lowest BCUT2D eigenvalue weighted by Crippen LogP contribution is -2.35. The first kappa shape index (κ1) is 18.5. The van der Waals surface area contributed by atoms with Crippen molar-refractivity contribution in [2.45, 2.75) is 23.8 Å². The lowest BCUT2D eigenvalue weighted by Gasteiger charge is -2.25. The van der Waals surface area contributed by atoms with Crippen LogP contribution in [0, 0.1) is 12.7 Å². The Bertz CT molecular complexity index is 977. The highest BCUT2D eigenvalue weighted by Gasteiger charge is 2.41. The van der Waals surface area contributed by atoms with Crippen LogP contribution in [0.4, 0.5) is 4.39 Å². The van der Waals surface area contributed by atoms with Crippen molar-refractivity contribution < 1.29 is 22.7 Å².